The van der Waals surface area contributed by atoms with Crippen molar-refractivity contribution in [2.45, 2.75) is 40.3 Å². The molecule has 5 heteroatoms. The van der Waals surface area contributed by atoms with E-state index in [1.54, 1.807) is 11.3 Å². The van der Waals surface area contributed by atoms with Gasteiger partial charge in [0.25, 0.3) is 0 Å². The predicted molar refractivity (Wildman–Crippen MR) is 79.3 cm³/mol. The van der Waals surface area contributed by atoms with E-state index in [1.165, 1.54) is 10.7 Å². The lowest BCUT2D eigenvalue weighted by Crippen LogP contribution is -2.21. The minimum absolute atomic E-state index is 0.676. The average Bonchev–Trinajstić information content (AvgIpc) is 2.95. The van der Waals surface area contributed by atoms with Crippen LogP contribution in [0, 0.1) is 12.8 Å². The van der Waals surface area contributed by atoms with Gasteiger partial charge in [-0.1, -0.05) is 13.8 Å². The number of nitrogens with one attached hydrogen (secondary N) is 1. The summed E-state index contributed by atoms with van der Waals surface area (Å²) in [5.41, 5.74) is 2.36. The first-order valence-electron chi connectivity index (χ1n) is 6.76. The zero-order valence-corrected chi connectivity index (χ0v) is 12.7. The van der Waals surface area contributed by atoms with E-state index >= 15 is 0 Å². The maximum Gasteiger partial charge on any atom is 0.0948 e. The Balaban J connectivity index is 1.85. The van der Waals surface area contributed by atoms with Crippen LogP contribution in [0.2, 0.25) is 0 Å². The molecule has 2 rings (SSSR count). The molecule has 0 saturated carbocycles. The maximum atomic E-state index is 4.49. The molecule has 2 aromatic heterocycles. The van der Waals surface area contributed by atoms with Crippen LogP contribution < -0.4 is 5.32 Å². The highest BCUT2D eigenvalue weighted by Crippen LogP contribution is 2.11. The second-order valence-electron chi connectivity index (χ2n) is 5.24. The summed E-state index contributed by atoms with van der Waals surface area (Å²) in [6.07, 6.45) is 4.83. The minimum Gasteiger partial charge on any atom is -0.333 e. The molecule has 0 bridgehead atoms. The quantitative estimate of drug-likeness (QED) is 0.846. The van der Waals surface area contributed by atoms with Crippen molar-refractivity contribution in [1.82, 2.24) is 19.9 Å². The standard InChI is InChI=1S/C14H22N4S/c1-11(2)6-15-7-13-8-16-10-18(13)5-4-14-17-12(3)9-19-14/h8-11,15H,4-7H2,1-3H3. The Labute approximate surface area is 118 Å². The Hall–Kier alpha value is -1.20. The largest absolute Gasteiger partial charge is 0.333 e. The van der Waals surface area contributed by atoms with Gasteiger partial charge in [-0.3, -0.25) is 0 Å². The zero-order valence-electron chi connectivity index (χ0n) is 11.9. The van der Waals surface area contributed by atoms with E-state index in [1.807, 2.05) is 19.4 Å². The number of rotatable bonds is 7. The van der Waals surface area contributed by atoms with E-state index in [9.17, 15) is 0 Å². The van der Waals surface area contributed by atoms with Crippen molar-refractivity contribution in [2.24, 2.45) is 5.92 Å². The number of aryl methyl sites for hydroxylation is 3. The first-order valence-corrected chi connectivity index (χ1v) is 7.64. The highest BCUT2D eigenvalue weighted by molar-refractivity contribution is 7.09. The number of hydrogen-bond acceptors (Lipinski definition) is 4. The molecule has 0 aliphatic carbocycles. The Bertz CT molecular complexity index is 501. The van der Waals surface area contributed by atoms with Crippen LogP contribution in [-0.4, -0.2) is 21.1 Å². The summed E-state index contributed by atoms with van der Waals surface area (Å²) in [6, 6.07) is 0. The van der Waals surface area contributed by atoms with Crippen molar-refractivity contribution in [3.63, 3.8) is 0 Å². The van der Waals surface area contributed by atoms with Crippen LogP contribution in [0.5, 0.6) is 0 Å². The third kappa shape index (κ3) is 4.44. The smallest absolute Gasteiger partial charge is 0.0948 e. The van der Waals surface area contributed by atoms with Gasteiger partial charge >= 0.3 is 0 Å². The van der Waals surface area contributed by atoms with Gasteiger partial charge in [0.1, 0.15) is 0 Å². The summed E-state index contributed by atoms with van der Waals surface area (Å²) in [6.45, 7) is 9.35. The molecule has 4 nitrogen and oxygen atoms in total. The number of hydrogen-bond donors (Lipinski definition) is 1. The van der Waals surface area contributed by atoms with Crippen molar-refractivity contribution in [2.75, 3.05) is 6.54 Å². The van der Waals surface area contributed by atoms with E-state index in [-0.39, 0.29) is 0 Å². The highest BCUT2D eigenvalue weighted by atomic mass is 32.1. The monoisotopic (exact) mass is 278 g/mol. The average molecular weight is 278 g/mol. The van der Waals surface area contributed by atoms with E-state index in [0.29, 0.717) is 5.92 Å². The number of aromatic nitrogens is 3. The van der Waals surface area contributed by atoms with Gasteiger partial charge in [-0.2, -0.15) is 0 Å². The molecule has 2 aromatic rings. The van der Waals surface area contributed by atoms with Crippen LogP contribution >= 0.6 is 11.3 Å². The molecule has 2 heterocycles. The van der Waals surface area contributed by atoms with Crippen molar-refractivity contribution in [3.05, 3.63) is 34.3 Å². The molecule has 0 aliphatic heterocycles. The van der Waals surface area contributed by atoms with E-state index < -0.39 is 0 Å². The third-order valence-corrected chi connectivity index (χ3v) is 3.92. The second kappa shape index (κ2) is 6.82. The summed E-state index contributed by atoms with van der Waals surface area (Å²) in [7, 11) is 0. The van der Waals surface area contributed by atoms with Gasteiger partial charge in [-0.05, 0) is 19.4 Å². The fourth-order valence-corrected chi connectivity index (χ4v) is 2.68. The molecule has 0 radical (unpaired) electrons. The lowest BCUT2D eigenvalue weighted by Gasteiger charge is -2.10. The van der Waals surface area contributed by atoms with Crippen LogP contribution in [0.1, 0.15) is 30.2 Å². The molecule has 0 fully saturated rings. The Morgan fingerprint density at radius 2 is 2.26 bits per heavy atom. The molecule has 0 spiro atoms. The molecule has 19 heavy (non-hydrogen) atoms. The first kappa shape index (κ1) is 14.2. The van der Waals surface area contributed by atoms with Gasteiger partial charge in [0, 0.05) is 36.8 Å². The molecule has 0 atom stereocenters. The van der Waals surface area contributed by atoms with E-state index in [4.69, 9.17) is 0 Å². The minimum atomic E-state index is 0.676. The summed E-state index contributed by atoms with van der Waals surface area (Å²) in [4.78, 5) is 8.74. The van der Waals surface area contributed by atoms with Gasteiger partial charge < -0.3 is 9.88 Å². The van der Waals surface area contributed by atoms with Gasteiger partial charge in [0.15, 0.2) is 0 Å². The Morgan fingerprint density at radius 1 is 1.42 bits per heavy atom. The van der Waals surface area contributed by atoms with Crippen molar-refractivity contribution < 1.29 is 0 Å². The molecule has 0 amide bonds. The van der Waals surface area contributed by atoms with Gasteiger partial charge in [-0.15, -0.1) is 11.3 Å². The molecular weight excluding hydrogens is 256 g/mol. The van der Waals surface area contributed by atoms with Crippen LogP contribution in [0.15, 0.2) is 17.9 Å². The lowest BCUT2D eigenvalue weighted by molar-refractivity contribution is 0.533. The fraction of sp³-hybridized carbons (Fsp3) is 0.571. The predicted octanol–water partition coefficient (Wildman–Crippen LogP) is 2.64. The van der Waals surface area contributed by atoms with Gasteiger partial charge in [-0.25, -0.2) is 9.97 Å². The summed E-state index contributed by atoms with van der Waals surface area (Å²) in [5, 5.41) is 6.76. The molecule has 0 unspecified atom stereocenters. The van der Waals surface area contributed by atoms with Crippen LogP contribution in [0.25, 0.3) is 0 Å². The second-order valence-corrected chi connectivity index (χ2v) is 6.18. The lowest BCUT2D eigenvalue weighted by atomic mass is 10.2. The number of imidazole rings is 1. The van der Waals surface area contributed by atoms with E-state index in [2.05, 4.69) is 39.1 Å². The summed E-state index contributed by atoms with van der Waals surface area (Å²) >= 11 is 1.74. The van der Waals surface area contributed by atoms with E-state index in [0.717, 1.165) is 31.7 Å². The van der Waals surface area contributed by atoms with Crippen LogP contribution in [0.3, 0.4) is 0 Å². The first-order chi connectivity index (χ1) is 9.15. The molecule has 0 aliphatic rings. The molecule has 0 saturated heterocycles. The van der Waals surface area contributed by atoms with Gasteiger partial charge in [0.05, 0.1) is 17.0 Å². The summed E-state index contributed by atoms with van der Waals surface area (Å²) < 4.78 is 2.21. The molecular formula is C14H22N4S. The molecule has 0 aromatic carbocycles. The third-order valence-electron chi connectivity index (χ3n) is 2.89. The Kier molecular flexibility index (Phi) is 5.10. The topological polar surface area (TPSA) is 42.7 Å². The van der Waals surface area contributed by atoms with Gasteiger partial charge in [0.2, 0.25) is 0 Å². The number of nitrogens with zero attached hydrogens (tertiary/aromatic N) is 3. The molecule has 104 valence electrons. The van der Waals surface area contributed by atoms with Crippen molar-refractivity contribution in [1.29, 1.82) is 0 Å². The SMILES string of the molecule is Cc1csc(CCn2cncc2CNCC(C)C)n1. The van der Waals surface area contributed by atoms with Crippen LogP contribution in [-0.2, 0) is 19.5 Å². The maximum absolute atomic E-state index is 4.49. The zero-order chi connectivity index (χ0) is 13.7. The van der Waals surface area contributed by atoms with Crippen molar-refractivity contribution >= 4 is 11.3 Å². The normalized spacial score (nSPS) is 11.4. The summed E-state index contributed by atoms with van der Waals surface area (Å²) in [5.74, 6) is 0.676. The number of thiazole rings is 1. The van der Waals surface area contributed by atoms with Crippen LogP contribution in [0.4, 0.5) is 0 Å². The highest BCUT2D eigenvalue weighted by Gasteiger charge is 2.04. The molecule has 1 N–H and O–H groups in total. The van der Waals surface area contributed by atoms with Crippen molar-refractivity contribution in [3.8, 4) is 0 Å². The Morgan fingerprint density at radius 3 is 2.95 bits per heavy atom. The fourth-order valence-electron chi connectivity index (χ4n) is 1.92.